The summed E-state index contributed by atoms with van der Waals surface area (Å²) >= 11 is 0. The van der Waals surface area contributed by atoms with Crippen LogP contribution in [0, 0.1) is 13.8 Å². The van der Waals surface area contributed by atoms with E-state index in [4.69, 9.17) is 0 Å². The van der Waals surface area contributed by atoms with E-state index in [0.717, 1.165) is 22.5 Å². The fraction of sp³-hybridized carbons (Fsp3) is 0.0526. The van der Waals surface area contributed by atoms with Gasteiger partial charge >= 0.3 is 0 Å². The topological polar surface area (TPSA) is 25.8 Å². The van der Waals surface area contributed by atoms with E-state index >= 15 is 0 Å². The monoisotopic (exact) mass is 512 g/mol. The average Bonchev–Trinajstić information content (AvgIpc) is 3.00. The average molecular weight is 513 g/mol. The maximum atomic E-state index is 4.58. The molecule has 7 rings (SSSR count). The van der Waals surface area contributed by atoms with E-state index in [1.807, 2.05) is 25.4 Å². The van der Waals surface area contributed by atoms with Crippen LogP contribution in [0.15, 0.2) is 134 Å². The predicted molar refractivity (Wildman–Crippen MR) is 168 cm³/mol. The summed E-state index contributed by atoms with van der Waals surface area (Å²) in [6, 6.07) is 43.7. The van der Waals surface area contributed by atoms with Gasteiger partial charge in [0.25, 0.3) is 0 Å². The molecule has 0 spiro atoms. The Hall–Kier alpha value is -5.08. The van der Waals surface area contributed by atoms with E-state index in [2.05, 4.69) is 132 Å². The van der Waals surface area contributed by atoms with Crippen molar-refractivity contribution in [1.29, 1.82) is 0 Å². The fourth-order valence-corrected chi connectivity index (χ4v) is 5.72. The van der Waals surface area contributed by atoms with Gasteiger partial charge in [-0.15, -0.1) is 0 Å². The van der Waals surface area contributed by atoms with Crippen molar-refractivity contribution in [2.24, 2.45) is 0 Å². The standard InChI is InChI=1S/C38H28N2/c1-25-21-22-39-36(23-25)28-15-19-30(20-16-28)38-34-9-5-3-7-32(34)37(33-8-4-6-10-35(33)38)29-17-13-27(14-18-29)31-12-11-26(2)40-24-31/h3-24H,1-2H3. The lowest BCUT2D eigenvalue weighted by molar-refractivity contribution is 1.20. The minimum absolute atomic E-state index is 1.00. The third kappa shape index (κ3) is 4.24. The zero-order chi connectivity index (χ0) is 27.1. The lowest BCUT2D eigenvalue weighted by Gasteiger charge is -2.18. The van der Waals surface area contributed by atoms with Crippen molar-refractivity contribution in [2.75, 3.05) is 0 Å². The Balaban J connectivity index is 1.40. The second-order valence-electron chi connectivity index (χ2n) is 10.4. The minimum atomic E-state index is 1.00. The molecule has 7 aromatic rings. The van der Waals surface area contributed by atoms with Crippen LogP contribution in [0.4, 0.5) is 0 Å². The summed E-state index contributed by atoms with van der Waals surface area (Å²) in [5.74, 6) is 0. The molecule has 0 aliphatic heterocycles. The highest BCUT2D eigenvalue weighted by atomic mass is 14.7. The van der Waals surface area contributed by atoms with E-state index in [1.165, 1.54) is 54.9 Å². The van der Waals surface area contributed by atoms with Crippen molar-refractivity contribution in [3.05, 3.63) is 145 Å². The largest absolute Gasteiger partial charge is 0.261 e. The van der Waals surface area contributed by atoms with Crippen LogP contribution in [-0.4, -0.2) is 9.97 Å². The zero-order valence-corrected chi connectivity index (χ0v) is 22.6. The van der Waals surface area contributed by atoms with Gasteiger partial charge in [0.2, 0.25) is 0 Å². The van der Waals surface area contributed by atoms with Gasteiger partial charge in [-0.05, 0) is 87.0 Å². The van der Waals surface area contributed by atoms with Gasteiger partial charge in [0, 0.05) is 29.2 Å². The number of nitrogens with zero attached hydrogens (tertiary/aromatic N) is 2. The van der Waals surface area contributed by atoms with Gasteiger partial charge in [-0.2, -0.15) is 0 Å². The number of hydrogen-bond donors (Lipinski definition) is 0. The summed E-state index contributed by atoms with van der Waals surface area (Å²) < 4.78 is 0. The van der Waals surface area contributed by atoms with Crippen LogP contribution in [0.3, 0.4) is 0 Å². The minimum Gasteiger partial charge on any atom is -0.261 e. The van der Waals surface area contributed by atoms with E-state index < -0.39 is 0 Å². The van der Waals surface area contributed by atoms with Crippen LogP contribution in [0.1, 0.15) is 11.3 Å². The molecule has 2 aromatic heterocycles. The molecule has 0 atom stereocenters. The molecule has 40 heavy (non-hydrogen) atoms. The van der Waals surface area contributed by atoms with Gasteiger partial charge in [-0.3, -0.25) is 9.97 Å². The van der Waals surface area contributed by atoms with Crippen molar-refractivity contribution in [3.8, 4) is 44.6 Å². The maximum absolute atomic E-state index is 4.58. The number of benzene rings is 5. The molecule has 0 amide bonds. The summed E-state index contributed by atoms with van der Waals surface area (Å²) in [4.78, 5) is 9.06. The first kappa shape index (κ1) is 24.0. The summed E-state index contributed by atoms with van der Waals surface area (Å²) in [5.41, 5.74) is 11.6. The van der Waals surface area contributed by atoms with Gasteiger partial charge in [-0.25, -0.2) is 0 Å². The molecular formula is C38H28N2. The van der Waals surface area contributed by atoms with Crippen LogP contribution in [0.25, 0.3) is 66.2 Å². The number of pyridine rings is 2. The number of aryl methyl sites for hydroxylation is 2. The Morgan fingerprint density at radius 2 is 0.900 bits per heavy atom. The van der Waals surface area contributed by atoms with Crippen LogP contribution in [0.5, 0.6) is 0 Å². The number of aromatic nitrogens is 2. The van der Waals surface area contributed by atoms with Crippen LogP contribution >= 0.6 is 0 Å². The lowest BCUT2D eigenvalue weighted by atomic mass is 9.85. The van der Waals surface area contributed by atoms with Crippen molar-refractivity contribution < 1.29 is 0 Å². The normalized spacial score (nSPS) is 11.2. The van der Waals surface area contributed by atoms with E-state index in [0.29, 0.717) is 0 Å². The molecule has 2 heteroatoms. The van der Waals surface area contributed by atoms with E-state index in [-0.39, 0.29) is 0 Å². The highest BCUT2D eigenvalue weighted by Crippen LogP contribution is 2.44. The van der Waals surface area contributed by atoms with Gasteiger partial charge in [0.15, 0.2) is 0 Å². The zero-order valence-electron chi connectivity index (χ0n) is 22.6. The van der Waals surface area contributed by atoms with Gasteiger partial charge < -0.3 is 0 Å². The first-order chi connectivity index (χ1) is 19.7. The molecule has 0 radical (unpaired) electrons. The van der Waals surface area contributed by atoms with Gasteiger partial charge in [-0.1, -0.05) is 103 Å². The van der Waals surface area contributed by atoms with Crippen LogP contribution in [-0.2, 0) is 0 Å². The quantitative estimate of drug-likeness (QED) is 0.219. The van der Waals surface area contributed by atoms with Gasteiger partial charge in [0.05, 0.1) is 5.69 Å². The van der Waals surface area contributed by atoms with E-state index in [1.54, 1.807) is 0 Å². The second-order valence-corrected chi connectivity index (χ2v) is 10.4. The van der Waals surface area contributed by atoms with Crippen molar-refractivity contribution >= 4 is 21.5 Å². The molecule has 0 aliphatic carbocycles. The van der Waals surface area contributed by atoms with Crippen molar-refractivity contribution in [3.63, 3.8) is 0 Å². The van der Waals surface area contributed by atoms with E-state index in [9.17, 15) is 0 Å². The summed E-state index contributed by atoms with van der Waals surface area (Å²) in [6.45, 7) is 4.12. The molecule has 190 valence electrons. The van der Waals surface area contributed by atoms with Crippen LogP contribution < -0.4 is 0 Å². The number of fused-ring (bicyclic) bond motifs is 2. The molecule has 0 fully saturated rings. The molecule has 0 saturated heterocycles. The molecule has 5 aromatic carbocycles. The maximum Gasteiger partial charge on any atom is 0.0704 e. The fourth-order valence-electron chi connectivity index (χ4n) is 5.72. The number of rotatable bonds is 4. The molecule has 0 unspecified atom stereocenters. The predicted octanol–water partition coefficient (Wildman–Crippen LogP) is 10.1. The lowest BCUT2D eigenvalue weighted by Crippen LogP contribution is -1.91. The van der Waals surface area contributed by atoms with Gasteiger partial charge in [0.1, 0.15) is 0 Å². The smallest absolute Gasteiger partial charge is 0.0704 e. The molecule has 0 bridgehead atoms. The summed E-state index contributed by atoms with van der Waals surface area (Å²) in [6.07, 6.45) is 3.83. The Kier molecular flexibility index (Phi) is 5.94. The first-order valence-corrected chi connectivity index (χ1v) is 13.7. The Labute approximate surface area is 234 Å². The van der Waals surface area contributed by atoms with Crippen molar-refractivity contribution in [2.45, 2.75) is 13.8 Å². The second kappa shape index (κ2) is 9.91. The highest BCUT2D eigenvalue weighted by molar-refractivity contribution is 6.21. The third-order valence-electron chi connectivity index (χ3n) is 7.73. The molecule has 0 aliphatic rings. The number of hydrogen-bond acceptors (Lipinski definition) is 2. The molecular weight excluding hydrogens is 484 g/mol. The van der Waals surface area contributed by atoms with Crippen LogP contribution in [0.2, 0.25) is 0 Å². The summed E-state index contributed by atoms with van der Waals surface area (Å²) in [7, 11) is 0. The molecule has 0 saturated carbocycles. The molecule has 2 heterocycles. The highest BCUT2D eigenvalue weighted by Gasteiger charge is 2.16. The Bertz CT molecular complexity index is 1930. The Morgan fingerprint density at radius 3 is 1.38 bits per heavy atom. The third-order valence-corrected chi connectivity index (χ3v) is 7.73. The first-order valence-electron chi connectivity index (χ1n) is 13.7. The van der Waals surface area contributed by atoms with Crippen molar-refractivity contribution in [1.82, 2.24) is 9.97 Å². The summed E-state index contributed by atoms with van der Waals surface area (Å²) in [5, 5.41) is 5.02. The molecule has 2 nitrogen and oxygen atoms in total. The SMILES string of the molecule is Cc1ccnc(-c2ccc(-c3c4ccccc4c(-c4ccc(-c5ccc(C)nc5)cc4)c4ccccc34)cc2)c1. The molecule has 0 N–H and O–H groups in total. The Morgan fingerprint density at radius 1 is 0.425 bits per heavy atom.